The molecular weight excluding hydrogens is 352 g/mol. The third-order valence-electron chi connectivity index (χ3n) is 5.48. The summed E-state index contributed by atoms with van der Waals surface area (Å²) in [4.78, 5) is 10.5. The highest BCUT2D eigenvalue weighted by atomic mass is 32.1. The summed E-state index contributed by atoms with van der Waals surface area (Å²) in [5.74, 6) is 0. The van der Waals surface area contributed by atoms with Gasteiger partial charge in [0.05, 0.1) is 10.4 Å². The molecule has 0 radical (unpaired) electrons. The Morgan fingerprint density at radius 3 is 3.00 bits per heavy atom. The van der Waals surface area contributed by atoms with Crippen LogP contribution in [0.3, 0.4) is 0 Å². The quantitative estimate of drug-likeness (QED) is 0.339. The molecule has 6 rings (SSSR count). The van der Waals surface area contributed by atoms with E-state index in [1.54, 1.807) is 12.1 Å². The van der Waals surface area contributed by atoms with Crippen LogP contribution in [0.2, 0.25) is 0 Å². The first-order valence-corrected chi connectivity index (χ1v) is 10.0. The molecule has 132 valence electrons. The van der Waals surface area contributed by atoms with Gasteiger partial charge in [-0.1, -0.05) is 12.1 Å². The predicted octanol–water partition coefficient (Wildman–Crippen LogP) is 6.44. The van der Waals surface area contributed by atoms with Gasteiger partial charge in [-0.3, -0.25) is 4.98 Å². The van der Waals surface area contributed by atoms with E-state index in [0.717, 1.165) is 28.5 Å². The van der Waals surface area contributed by atoms with Crippen LogP contribution in [-0.2, 0) is 12.8 Å². The van der Waals surface area contributed by atoms with Crippen molar-refractivity contribution in [3.63, 3.8) is 0 Å². The number of nitrogens with zero attached hydrogens (tertiary/aromatic N) is 2. The van der Waals surface area contributed by atoms with Crippen molar-refractivity contribution in [3.05, 3.63) is 58.7 Å². The van der Waals surface area contributed by atoms with Crippen molar-refractivity contribution in [2.45, 2.75) is 32.5 Å². The molecule has 0 fully saturated rings. The van der Waals surface area contributed by atoms with Gasteiger partial charge in [0.1, 0.15) is 5.58 Å². The van der Waals surface area contributed by atoms with Gasteiger partial charge >= 0.3 is 0 Å². The first-order valence-electron chi connectivity index (χ1n) is 10.7. The van der Waals surface area contributed by atoms with Crippen LogP contribution in [0.25, 0.3) is 43.4 Å². The van der Waals surface area contributed by atoms with E-state index in [2.05, 4.69) is 11.1 Å². The van der Waals surface area contributed by atoms with E-state index < -0.39 is 6.85 Å². The standard InChI is InChI=1S/C23H18N2OS/c1-13-9-10-16-15-6-4-7-17(22(15)26-23(16)25-13)19-11-18-14-5-2-3-8-20(14)27-21(18)12-24-19/h4,6-7,9-12H,2-3,5,8H2,1H3/i1D3. The molecule has 4 heterocycles. The van der Waals surface area contributed by atoms with E-state index in [-0.39, 0.29) is 5.69 Å². The lowest BCUT2D eigenvalue weighted by Crippen LogP contribution is -1.97. The molecule has 0 N–H and O–H groups in total. The van der Waals surface area contributed by atoms with Gasteiger partial charge in [0, 0.05) is 37.2 Å². The van der Waals surface area contributed by atoms with E-state index >= 15 is 0 Å². The maximum absolute atomic E-state index is 7.62. The van der Waals surface area contributed by atoms with Crippen molar-refractivity contribution >= 4 is 43.5 Å². The van der Waals surface area contributed by atoms with Crippen LogP contribution < -0.4 is 0 Å². The molecule has 0 saturated carbocycles. The van der Waals surface area contributed by atoms with Crippen molar-refractivity contribution < 1.29 is 8.53 Å². The van der Waals surface area contributed by atoms with Crippen molar-refractivity contribution in [2.75, 3.05) is 0 Å². The Kier molecular flexibility index (Phi) is 2.64. The van der Waals surface area contributed by atoms with Crippen LogP contribution in [0.1, 0.15) is 33.1 Å². The van der Waals surface area contributed by atoms with E-state index in [4.69, 9.17) is 13.5 Å². The molecule has 0 bridgehead atoms. The molecule has 0 atom stereocenters. The summed E-state index contributed by atoms with van der Waals surface area (Å²) in [6.07, 6.45) is 6.78. The Balaban J connectivity index is 1.57. The molecule has 1 aromatic carbocycles. The zero-order chi connectivity index (χ0) is 20.5. The molecule has 4 heteroatoms. The fourth-order valence-electron chi connectivity index (χ4n) is 4.20. The molecule has 5 aromatic rings. The lowest BCUT2D eigenvalue weighted by Gasteiger charge is -2.10. The Morgan fingerprint density at radius 1 is 1.07 bits per heavy atom. The number of para-hydroxylation sites is 1. The van der Waals surface area contributed by atoms with Gasteiger partial charge < -0.3 is 4.42 Å². The molecule has 4 aromatic heterocycles. The van der Waals surface area contributed by atoms with Crippen LogP contribution in [-0.4, -0.2) is 9.97 Å². The summed E-state index contributed by atoms with van der Waals surface area (Å²) >= 11 is 1.87. The fourth-order valence-corrected chi connectivity index (χ4v) is 5.44. The highest BCUT2D eigenvalue weighted by Crippen LogP contribution is 2.39. The van der Waals surface area contributed by atoms with Gasteiger partial charge in [-0.25, -0.2) is 4.98 Å². The number of thiophene rings is 1. The molecule has 0 saturated heterocycles. The summed E-state index contributed by atoms with van der Waals surface area (Å²) < 4.78 is 30.2. The third-order valence-corrected chi connectivity index (χ3v) is 6.73. The molecule has 1 aliphatic carbocycles. The summed E-state index contributed by atoms with van der Waals surface area (Å²) in [7, 11) is 0. The largest absolute Gasteiger partial charge is 0.437 e. The van der Waals surface area contributed by atoms with E-state index in [1.165, 1.54) is 39.8 Å². The normalized spacial score (nSPS) is 16.4. The minimum atomic E-state index is -2.26. The Bertz CT molecular complexity index is 1450. The van der Waals surface area contributed by atoms with Crippen LogP contribution in [0.15, 0.2) is 47.0 Å². The first-order chi connectivity index (χ1) is 14.5. The fraction of sp³-hybridized carbons (Fsp3) is 0.217. The summed E-state index contributed by atoms with van der Waals surface area (Å²) in [6, 6.07) is 11.5. The van der Waals surface area contributed by atoms with Gasteiger partial charge in [-0.15, -0.1) is 11.3 Å². The number of aryl methyl sites for hydroxylation is 3. The molecule has 0 unspecified atom stereocenters. The number of fused-ring (bicyclic) bond motifs is 6. The van der Waals surface area contributed by atoms with Crippen LogP contribution in [0.4, 0.5) is 0 Å². The van der Waals surface area contributed by atoms with Crippen LogP contribution in [0.5, 0.6) is 0 Å². The minimum absolute atomic E-state index is 0.0417. The molecule has 1 aliphatic rings. The third kappa shape index (κ3) is 2.26. The maximum atomic E-state index is 7.62. The molecule has 3 nitrogen and oxygen atoms in total. The van der Waals surface area contributed by atoms with Gasteiger partial charge in [0.2, 0.25) is 5.71 Å². The number of furan rings is 1. The van der Waals surface area contributed by atoms with Crippen molar-refractivity contribution in [2.24, 2.45) is 0 Å². The maximum Gasteiger partial charge on any atom is 0.227 e. The summed E-state index contributed by atoms with van der Waals surface area (Å²) in [6.45, 7) is -2.26. The number of hydrogen-bond donors (Lipinski definition) is 0. The van der Waals surface area contributed by atoms with E-state index in [1.807, 2.05) is 35.7 Å². The van der Waals surface area contributed by atoms with Crippen LogP contribution >= 0.6 is 11.3 Å². The second-order valence-corrected chi connectivity index (χ2v) is 8.25. The number of rotatable bonds is 1. The van der Waals surface area contributed by atoms with Crippen LogP contribution in [0, 0.1) is 6.85 Å². The zero-order valence-corrected chi connectivity index (χ0v) is 15.4. The average molecular weight is 373 g/mol. The van der Waals surface area contributed by atoms with E-state index in [9.17, 15) is 0 Å². The lowest BCUT2D eigenvalue weighted by molar-refractivity contribution is 0.653. The molecule has 27 heavy (non-hydrogen) atoms. The number of aromatic nitrogens is 2. The summed E-state index contributed by atoms with van der Waals surface area (Å²) in [5, 5.41) is 3.03. The molecule has 0 spiro atoms. The zero-order valence-electron chi connectivity index (χ0n) is 17.6. The number of hydrogen-bond acceptors (Lipinski definition) is 4. The summed E-state index contributed by atoms with van der Waals surface area (Å²) in [5.41, 5.74) is 4.33. The SMILES string of the molecule is [2H]C([2H])([2H])c1ccc2c(n1)oc1c(-c3cc4c5c(sc4cn3)CCCC5)cccc12. The Labute approximate surface area is 164 Å². The van der Waals surface area contributed by atoms with Gasteiger partial charge in [0.25, 0.3) is 0 Å². The Hall–Kier alpha value is -2.72. The highest BCUT2D eigenvalue weighted by Gasteiger charge is 2.18. The van der Waals surface area contributed by atoms with Gasteiger partial charge in [0.15, 0.2) is 0 Å². The second-order valence-electron chi connectivity index (χ2n) is 7.11. The smallest absolute Gasteiger partial charge is 0.227 e. The van der Waals surface area contributed by atoms with Gasteiger partial charge in [-0.05, 0) is 67.8 Å². The predicted molar refractivity (Wildman–Crippen MR) is 112 cm³/mol. The molecular formula is C23H18N2OS. The number of pyridine rings is 2. The van der Waals surface area contributed by atoms with Gasteiger partial charge in [-0.2, -0.15) is 0 Å². The van der Waals surface area contributed by atoms with Crippen molar-refractivity contribution in [1.29, 1.82) is 0 Å². The topological polar surface area (TPSA) is 38.9 Å². The molecule has 0 aliphatic heterocycles. The highest BCUT2D eigenvalue weighted by molar-refractivity contribution is 7.19. The monoisotopic (exact) mass is 373 g/mol. The van der Waals surface area contributed by atoms with Crippen molar-refractivity contribution in [1.82, 2.24) is 9.97 Å². The van der Waals surface area contributed by atoms with Crippen molar-refractivity contribution in [3.8, 4) is 11.3 Å². The molecule has 0 amide bonds. The average Bonchev–Trinajstić information content (AvgIpc) is 3.30. The Morgan fingerprint density at radius 2 is 2.04 bits per heavy atom. The lowest BCUT2D eigenvalue weighted by atomic mass is 9.96. The minimum Gasteiger partial charge on any atom is -0.437 e. The first kappa shape index (κ1) is 12.6. The number of benzene rings is 1. The second kappa shape index (κ2) is 5.64. The van der Waals surface area contributed by atoms with E-state index in [0.29, 0.717) is 11.3 Å².